The molecule has 3 aliphatic heterocycles. The monoisotopic (exact) mass is 721 g/mol. The van der Waals surface area contributed by atoms with Gasteiger partial charge in [-0.05, 0) is 110 Å². The molecular weight excluding hydrogens is 675 g/mol. The summed E-state index contributed by atoms with van der Waals surface area (Å²) in [5.41, 5.74) is 8.88. The Kier molecular flexibility index (Phi) is 9.82. The van der Waals surface area contributed by atoms with Crippen molar-refractivity contribution in [3.05, 3.63) is 142 Å². The number of hydrogen-bond acceptors (Lipinski definition) is 5. The van der Waals surface area contributed by atoms with Gasteiger partial charge in [0.2, 0.25) is 0 Å². The first-order valence-corrected chi connectivity index (χ1v) is 19.0. The molecule has 9 heteroatoms. The summed E-state index contributed by atoms with van der Waals surface area (Å²) in [6.45, 7) is 6.24. The van der Waals surface area contributed by atoms with Gasteiger partial charge in [-0.3, -0.25) is 9.59 Å². The summed E-state index contributed by atoms with van der Waals surface area (Å²) in [6, 6.07) is 33.3. The maximum Gasteiger partial charge on any atom is 0.415 e. The molecule has 3 amide bonds. The lowest BCUT2D eigenvalue weighted by molar-refractivity contribution is 0.0594. The van der Waals surface area contributed by atoms with Gasteiger partial charge >= 0.3 is 6.09 Å². The lowest BCUT2D eigenvalue weighted by atomic mass is 9.89. The number of hydrogen-bond donors (Lipinski definition) is 0. The molecule has 5 aromatic rings. The van der Waals surface area contributed by atoms with Crippen LogP contribution >= 0.6 is 0 Å². The number of amides is 3. The summed E-state index contributed by atoms with van der Waals surface area (Å²) < 4.78 is 7.75. The smallest absolute Gasteiger partial charge is 0.410 e. The van der Waals surface area contributed by atoms with Gasteiger partial charge in [-0.2, -0.15) is 0 Å². The molecule has 1 saturated heterocycles. The zero-order valence-electron chi connectivity index (χ0n) is 31.3. The van der Waals surface area contributed by atoms with Gasteiger partial charge in [-0.1, -0.05) is 60.7 Å². The quantitative estimate of drug-likeness (QED) is 0.174. The molecule has 1 fully saturated rings. The van der Waals surface area contributed by atoms with E-state index in [0.29, 0.717) is 42.9 Å². The Labute approximate surface area is 317 Å². The normalized spacial score (nSPS) is 16.8. The highest BCUT2D eigenvalue weighted by Gasteiger charge is 2.35. The molecule has 0 bridgehead atoms. The molecule has 4 heterocycles. The number of aromatic nitrogens is 1. The average molecular weight is 722 g/mol. The van der Waals surface area contributed by atoms with Gasteiger partial charge in [0, 0.05) is 74.5 Å². The Bertz CT molecular complexity index is 2190. The van der Waals surface area contributed by atoms with Crippen molar-refractivity contribution in [1.29, 1.82) is 0 Å². The molecule has 8 rings (SSSR count). The number of carbonyl (C=O) groups excluding carboxylic acids is 3. The van der Waals surface area contributed by atoms with Crippen molar-refractivity contribution in [3.63, 3.8) is 0 Å². The Morgan fingerprint density at radius 2 is 1.44 bits per heavy atom. The van der Waals surface area contributed by atoms with Crippen LogP contribution in [-0.4, -0.2) is 76.4 Å². The Hall–Kier alpha value is -5.67. The van der Waals surface area contributed by atoms with E-state index in [1.165, 1.54) is 24.0 Å². The van der Waals surface area contributed by atoms with E-state index in [1.54, 1.807) is 29.0 Å². The number of nitrogens with zero attached hydrogens (tertiary/aromatic N) is 5. The fourth-order valence-corrected chi connectivity index (χ4v) is 8.34. The predicted molar refractivity (Wildman–Crippen MR) is 211 cm³/mol. The standard InChI is InChI=1S/C45H47N5O4/c1-31-39(43(51)47(3)36-16-6-4-7-17-36)27-42(46(31)2)40-25-33-20-23-49(45(53)54-38-18-8-5-9-19-38)28-35(33)26-41(40)44(52)50-29-34-15-11-10-14-32(34)24-37(50)30-48-21-12-13-22-48/h4-11,14-19,25-27,37H,12-13,20-24,28-30H2,1-3H3/t37-/m0/s1. The molecule has 0 unspecified atom stereocenters. The molecule has 1 atom stereocenters. The average Bonchev–Trinajstić information content (AvgIpc) is 3.83. The third-order valence-corrected chi connectivity index (χ3v) is 11.6. The lowest BCUT2D eigenvalue weighted by Gasteiger charge is -2.39. The molecule has 0 saturated carbocycles. The molecule has 0 spiro atoms. The van der Waals surface area contributed by atoms with Crippen LogP contribution in [0.1, 0.15) is 61.5 Å². The van der Waals surface area contributed by atoms with Gasteiger partial charge in [-0.25, -0.2) is 4.79 Å². The second-order valence-electron chi connectivity index (χ2n) is 14.9. The number of likely N-dealkylation sites (tertiary alicyclic amines) is 1. The summed E-state index contributed by atoms with van der Waals surface area (Å²) in [4.78, 5) is 50.6. The summed E-state index contributed by atoms with van der Waals surface area (Å²) >= 11 is 0. The van der Waals surface area contributed by atoms with E-state index in [1.807, 2.05) is 85.3 Å². The molecular formula is C45H47N5O4. The first kappa shape index (κ1) is 35.4. The fourth-order valence-electron chi connectivity index (χ4n) is 8.34. The van der Waals surface area contributed by atoms with Crippen molar-refractivity contribution in [2.75, 3.05) is 38.1 Å². The summed E-state index contributed by atoms with van der Waals surface area (Å²) in [5, 5.41) is 0. The number of rotatable bonds is 7. The highest BCUT2D eigenvalue weighted by atomic mass is 16.6. The molecule has 276 valence electrons. The van der Waals surface area contributed by atoms with Gasteiger partial charge in [-0.15, -0.1) is 0 Å². The number of para-hydroxylation sites is 2. The minimum atomic E-state index is -0.411. The van der Waals surface area contributed by atoms with E-state index in [9.17, 15) is 9.59 Å². The van der Waals surface area contributed by atoms with Gasteiger partial charge in [0.1, 0.15) is 5.75 Å². The Morgan fingerprint density at radius 3 is 2.19 bits per heavy atom. The second-order valence-corrected chi connectivity index (χ2v) is 14.9. The van der Waals surface area contributed by atoms with Crippen LogP contribution in [0.25, 0.3) is 11.3 Å². The first-order valence-electron chi connectivity index (χ1n) is 19.0. The topological polar surface area (TPSA) is 78.3 Å². The largest absolute Gasteiger partial charge is 0.415 e. The SMILES string of the molecule is Cc1c(C(=O)N(C)c2ccccc2)cc(-c2cc3c(cc2C(=O)N2Cc4ccccc4C[C@H]2CN2CCCC2)CN(C(=O)Oc2ccccc2)CC3)n1C. The summed E-state index contributed by atoms with van der Waals surface area (Å²) in [6.07, 6.45) is 3.36. The number of anilines is 1. The zero-order valence-corrected chi connectivity index (χ0v) is 31.3. The fraction of sp³-hybridized carbons (Fsp3) is 0.311. The van der Waals surface area contributed by atoms with Crippen LogP contribution in [0.2, 0.25) is 0 Å². The van der Waals surface area contributed by atoms with Crippen molar-refractivity contribution in [2.24, 2.45) is 7.05 Å². The third-order valence-electron chi connectivity index (χ3n) is 11.6. The molecule has 4 aromatic carbocycles. The van der Waals surface area contributed by atoms with Crippen molar-refractivity contribution in [3.8, 4) is 17.0 Å². The highest BCUT2D eigenvalue weighted by molar-refractivity contribution is 6.08. The maximum absolute atomic E-state index is 15.3. The van der Waals surface area contributed by atoms with E-state index >= 15 is 4.79 Å². The second kappa shape index (κ2) is 15.0. The van der Waals surface area contributed by atoms with Gasteiger partial charge in [0.05, 0.1) is 5.56 Å². The van der Waals surface area contributed by atoms with Gasteiger partial charge in [0.15, 0.2) is 0 Å². The highest BCUT2D eigenvalue weighted by Crippen LogP contribution is 2.36. The van der Waals surface area contributed by atoms with Gasteiger partial charge in [0.25, 0.3) is 11.8 Å². The molecule has 3 aliphatic rings. The van der Waals surface area contributed by atoms with E-state index in [4.69, 9.17) is 4.74 Å². The Balaban J connectivity index is 1.19. The van der Waals surface area contributed by atoms with Crippen LogP contribution in [0.4, 0.5) is 10.5 Å². The third kappa shape index (κ3) is 6.92. The number of benzene rings is 4. The molecule has 1 aromatic heterocycles. The molecule has 54 heavy (non-hydrogen) atoms. The lowest BCUT2D eigenvalue weighted by Crippen LogP contribution is -2.49. The minimum Gasteiger partial charge on any atom is -0.410 e. The van der Waals surface area contributed by atoms with Gasteiger partial charge < -0.3 is 28.9 Å². The number of ether oxygens (including phenoxy) is 1. The van der Waals surface area contributed by atoms with Crippen LogP contribution in [-0.2, 0) is 33.0 Å². The van der Waals surface area contributed by atoms with Crippen molar-refractivity contribution in [1.82, 2.24) is 19.3 Å². The summed E-state index contributed by atoms with van der Waals surface area (Å²) in [7, 11) is 3.76. The molecule has 0 N–H and O–H groups in total. The molecule has 0 radical (unpaired) electrons. The minimum absolute atomic E-state index is 0.0125. The predicted octanol–water partition coefficient (Wildman–Crippen LogP) is 7.50. The first-order chi connectivity index (χ1) is 26.2. The van der Waals surface area contributed by atoms with Crippen LogP contribution in [0.5, 0.6) is 5.75 Å². The van der Waals surface area contributed by atoms with Crippen LogP contribution in [0.3, 0.4) is 0 Å². The number of carbonyl (C=O) groups is 3. The molecule has 9 nitrogen and oxygen atoms in total. The van der Waals surface area contributed by atoms with Crippen LogP contribution < -0.4 is 9.64 Å². The van der Waals surface area contributed by atoms with Crippen LogP contribution in [0, 0.1) is 6.92 Å². The van der Waals surface area contributed by atoms with E-state index in [-0.39, 0.29) is 17.9 Å². The van der Waals surface area contributed by atoms with Crippen molar-refractivity contribution >= 4 is 23.6 Å². The number of fused-ring (bicyclic) bond motifs is 2. The van der Waals surface area contributed by atoms with Crippen molar-refractivity contribution < 1.29 is 19.1 Å². The van der Waals surface area contributed by atoms with Crippen molar-refractivity contribution in [2.45, 2.75) is 51.7 Å². The van der Waals surface area contributed by atoms with E-state index in [0.717, 1.165) is 59.8 Å². The maximum atomic E-state index is 15.3. The Morgan fingerprint density at radius 1 is 0.759 bits per heavy atom. The van der Waals surface area contributed by atoms with E-state index < -0.39 is 6.09 Å². The molecule has 0 aliphatic carbocycles. The zero-order chi connectivity index (χ0) is 37.3. The summed E-state index contributed by atoms with van der Waals surface area (Å²) in [5.74, 6) is 0.345. The van der Waals surface area contributed by atoms with Crippen LogP contribution in [0.15, 0.2) is 103 Å². The van der Waals surface area contributed by atoms with E-state index in [2.05, 4.69) is 34.1 Å².